The van der Waals surface area contributed by atoms with Gasteiger partial charge in [0.15, 0.2) is 6.10 Å². The van der Waals surface area contributed by atoms with Crippen molar-refractivity contribution >= 4 is 19.8 Å². The molecular formula is C46H76NO10P. The van der Waals surface area contributed by atoms with E-state index >= 15 is 0 Å². The van der Waals surface area contributed by atoms with Crippen molar-refractivity contribution in [1.82, 2.24) is 0 Å². The molecule has 2 N–H and O–H groups in total. The average Bonchev–Trinajstić information content (AvgIpc) is 3.17. The van der Waals surface area contributed by atoms with Gasteiger partial charge < -0.3 is 38.1 Å². The van der Waals surface area contributed by atoms with Gasteiger partial charge in [-0.25, -0.2) is 0 Å². The van der Waals surface area contributed by atoms with Gasteiger partial charge in [-0.05, 0) is 89.9 Å². The van der Waals surface area contributed by atoms with E-state index in [2.05, 4.69) is 92.8 Å². The Hall–Kier alpha value is -3.15. The fraction of sp³-hybridized carbons (Fsp3) is 0.609. The van der Waals surface area contributed by atoms with Crippen molar-refractivity contribution in [2.75, 3.05) is 47.5 Å². The lowest BCUT2D eigenvalue weighted by Gasteiger charge is -2.28. The molecule has 0 aliphatic carbocycles. The Morgan fingerprint density at radius 1 is 0.621 bits per heavy atom. The maximum atomic E-state index is 12.7. The van der Waals surface area contributed by atoms with Crippen molar-refractivity contribution in [3.05, 3.63) is 97.2 Å². The van der Waals surface area contributed by atoms with Crippen LogP contribution in [-0.4, -0.2) is 92.5 Å². The minimum absolute atomic E-state index is 0.0548. The monoisotopic (exact) mass is 834 g/mol. The van der Waals surface area contributed by atoms with Crippen LogP contribution in [0.3, 0.4) is 0 Å². The molecule has 11 nitrogen and oxygen atoms in total. The van der Waals surface area contributed by atoms with Crippen LogP contribution in [0.15, 0.2) is 97.2 Å². The van der Waals surface area contributed by atoms with E-state index in [0.717, 1.165) is 64.2 Å². The summed E-state index contributed by atoms with van der Waals surface area (Å²) in [5.41, 5.74) is 0. The number of quaternary nitrogens is 1. The molecule has 330 valence electrons. The van der Waals surface area contributed by atoms with E-state index in [1.54, 1.807) is 0 Å². The lowest BCUT2D eigenvalue weighted by molar-refractivity contribution is -0.870. The number of aliphatic hydroxyl groups is 2. The van der Waals surface area contributed by atoms with Crippen molar-refractivity contribution in [2.45, 2.75) is 135 Å². The van der Waals surface area contributed by atoms with Crippen LogP contribution in [0.5, 0.6) is 0 Å². The lowest BCUT2D eigenvalue weighted by Crippen LogP contribution is -2.37. The Morgan fingerprint density at radius 2 is 1.10 bits per heavy atom. The van der Waals surface area contributed by atoms with E-state index in [9.17, 15) is 29.3 Å². The van der Waals surface area contributed by atoms with Crippen LogP contribution in [0.4, 0.5) is 0 Å². The molecule has 0 saturated carbocycles. The highest BCUT2D eigenvalue weighted by Crippen LogP contribution is 2.38. The topological polar surface area (TPSA) is 152 Å². The maximum Gasteiger partial charge on any atom is 0.306 e. The molecule has 0 aromatic heterocycles. The van der Waals surface area contributed by atoms with Crippen LogP contribution in [0.25, 0.3) is 0 Å². The normalized spacial score (nSPS) is 15.7. The van der Waals surface area contributed by atoms with Crippen molar-refractivity contribution in [3.63, 3.8) is 0 Å². The van der Waals surface area contributed by atoms with Gasteiger partial charge in [-0.1, -0.05) is 111 Å². The molecule has 0 spiro atoms. The van der Waals surface area contributed by atoms with Crippen LogP contribution in [0.2, 0.25) is 0 Å². The number of carbonyl (C=O) groups excluding carboxylic acids is 2. The molecule has 0 amide bonds. The van der Waals surface area contributed by atoms with Gasteiger partial charge >= 0.3 is 11.9 Å². The van der Waals surface area contributed by atoms with Gasteiger partial charge in [0.1, 0.15) is 19.8 Å². The highest BCUT2D eigenvalue weighted by molar-refractivity contribution is 7.45. The zero-order valence-corrected chi connectivity index (χ0v) is 37.1. The number of hydrogen-bond donors (Lipinski definition) is 2. The van der Waals surface area contributed by atoms with Gasteiger partial charge in [0.25, 0.3) is 7.82 Å². The molecule has 4 atom stereocenters. The number of likely N-dealkylation sites (N-methyl/N-ethyl adjacent to an activating group) is 1. The van der Waals surface area contributed by atoms with Gasteiger partial charge in [0.05, 0.1) is 40.0 Å². The Kier molecular flexibility index (Phi) is 34.9. The third-order valence-corrected chi connectivity index (χ3v) is 9.26. The molecule has 0 radical (unpaired) electrons. The minimum Gasteiger partial charge on any atom is -0.756 e. The summed E-state index contributed by atoms with van der Waals surface area (Å²) in [6.45, 7) is 3.57. The number of ether oxygens (including phenoxy) is 2. The smallest absolute Gasteiger partial charge is 0.306 e. The summed E-state index contributed by atoms with van der Waals surface area (Å²) >= 11 is 0. The van der Waals surface area contributed by atoms with Gasteiger partial charge in [0, 0.05) is 12.8 Å². The van der Waals surface area contributed by atoms with Crippen LogP contribution >= 0.6 is 7.82 Å². The SMILES string of the molecule is CC/C=C\C/C=C\C/C=C\C/C=C\CCCCC(=O)O[C@H](COC(=O)CCC[C@H](O)[C@@H](O)C/C=C\C/C=C\C/C=C\C/C=C\CC)COP(=O)([O-])OCC[N+](C)(C)C. The van der Waals surface area contributed by atoms with E-state index in [4.69, 9.17) is 18.5 Å². The molecule has 0 saturated heterocycles. The van der Waals surface area contributed by atoms with Gasteiger partial charge in [-0.15, -0.1) is 0 Å². The second kappa shape index (κ2) is 36.9. The molecule has 0 heterocycles. The van der Waals surface area contributed by atoms with Gasteiger partial charge in [-0.2, -0.15) is 0 Å². The average molecular weight is 834 g/mol. The molecule has 0 fully saturated rings. The summed E-state index contributed by atoms with van der Waals surface area (Å²) in [5, 5.41) is 20.7. The number of unbranched alkanes of at least 4 members (excludes halogenated alkanes) is 2. The van der Waals surface area contributed by atoms with E-state index < -0.39 is 51.3 Å². The summed E-state index contributed by atoms with van der Waals surface area (Å²) in [6, 6.07) is 0. The van der Waals surface area contributed by atoms with Crippen molar-refractivity contribution in [1.29, 1.82) is 0 Å². The molecule has 0 bridgehead atoms. The highest BCUT2D eigenvalue weighted by atomic mass is 31.2. The Labute approximate surface area is 350 Å². The summed E-state index contributed by atoms with van der Waals surface area (Å²) in [6.07, 6.45) is 40.5. The molecular weight excluding hydrogens is 757 g/mol. The fourth-order valence-electron chi connectivity index (χ4n) is 4.91. The Bertz CT molecular complexity index is 1340. The third-order valence-electron chi connectivity index (χ3n) is 8.30. The molecule has 0 aromatic rings. The number of aliphatic hydroxyl groups excluding tert-OH is 2. The third kappa shape index (κ3) is 38.4. The van der Waals surface area contributed by atoms with Crippen molar-refractivity contribution in [3.8, 4) is 0 Å². The number of rotatable bonds is 36. The second-order valence-corrected chi connectivity index (χ2v) is 16.3. The lowest BCUT2D eigenvalue weighted by atomic mass is 10.0. The van der Waals surface area contributed by atoms with Crippen LogP contribution in [0, 0.1) is 0 Å². The van der Waals surface area contributed by atoms with Crippen molar-refractivity contribution in [2.24, 2.45) is 0 Å². The van der Waals surface area contributed by atoms with Crippen LogP contribution in [-0.2, 0) is 32.7 Å². The first kappa shape index (κ1) is 54.9. The summed E-state index contributed by atoms with van der Waals surface area (Å²) in [7, 11) is 0.963. The number of allylic oxidation sites excluding steroid dienone is 15. The van der Waals surface area contributed by atoms with E-state index in [1.807, 2.05) is 39.4 Å². The standard InChI is InChI=1S/C46H76NO10P/c1-6-8-10-12-14-16-18-20-21-22-24-26-28-30-32-36-46(51)57-42(41-56-58(52,53)55-39-38-47(3,4)5)40-54-45(50)37-33-35-44(49)43(48)34-31-29-27-25-23-19-17-15-13-11-9-7-2/h8-11,14-17,20-21,23-26,29,31,42-44,48-49H,6-7,12-13,18-19,22,27-28,30,32-41H2,1-5H3/b10-8-,11-9-,16-14-,17-15-,21-20-,25-23-,26-24-,31-29-/t42-,43+,44+/m1/s1. The maximum absolute atomic E-state index is 12.7. The van der Waals surface area contributed by atoms with Crippen molar-refractivity contribution < 1.29 is 52.3 Å². The number of carbonyl (C=O) groups is 2. The quantitative estimate of drug-likeness (QED) is 0.0206. The molecule has 1 unspecified atom stereocenters. The van der Waals surface area contributed by atoms with Gasteiger partial charge in [0.2, 0.25) is 0 Å². The summed E-state index contributed by atoms with van der Waals surface area (Å²) in [4.78, 5) is 37.5. The predicted octanol–water partition coefficient (Wildman–Crippen LogP) is 9.10. The fourth-order valence-corrected chi connectivity index (χ4v) is 5.64. The van der Waals surface area contributed by atoms with Crippen LogP contribution in [0.1, 0.15) is 117 Å². The first-order valence-corrected chi connectivity index (χ1v) is 22.6. The second-order valence-electron chi connectivity index (χ2n) is 14.9. The number of phosphoric acid groups is 1. The van der Waals surface area contributed by atoms with E-state index in [-0.39, 0.29) is 38.7 Å². The molecule has 0 aliphatic rings. The molecule has 12 heteroatoms. The molecule has 0 aliphatic heterocycles. The van der Waals surface area contributed by atoms with E-state index in [0.29, 0.717) is 17.4 Å². The highest BCUT2D eigenvalue weighted by Gasteiger charge is 2.22. The Morgan fingerprint density at radius 3 is 1.62 bits per heavy atom. The number of hydrogen-bond acceptors (Lipinski definition) is 10. The van der Waals surface area contributed by atoms with Crippen LogP contribution < -0.4 is 4.89 Å². The predicted molar refractivity (Wildman–Crippen MR) is 234 cm³/mol. The first-order valence-electron chi connectivity index (χ1n) is 21.1. The number of esters is 2. The molecule has 0 aromatic carbocycles. The molecule has 58 heavy (non-hydrogen) atoms. The van der Waals surface area contributed by atoms with E-state index in [1.165, 1.54) is 0 Å². The first-order chi connectivity index (χ1) is 27.8. The number of nitrogens with zero attached hydrogens (tertiary/aromatic N) is 1. The largest absolute Gasteiger partial charge is 0.756 e. The zero-order chi connectivity index (χ0) is 43.2. The summed E-state index contributed by atoms with van der Waals surface area (Å²) in [5.74, 6) is -1.18. The minimum atomic E-state index is -4.71. The number of phosphoric ester groups is 1. The zero-order valence-electron chi connectivity index (χ0n) is 36.2. The summed E-state index contributed by atoms with van der Waals surface area (Å²) < 4.78 is 33.6. The van der Waals surface area contributed by atoms with Gasteiger partial charge in [-0.3, -0.25) is 14.2 Å². The Balaban J connectivity index is 4.72. The molecule has 0 rings (SSSR count).